The van der Waals surface area contributed by atoms with Crippen molar-refractivity contribution in [1.82, 2.24) is 10.5 Å². The molecule has 4 unspecified atom stereocenters. The number of fused-ring (bicyclic) bond motifs is 2. The summed E-state index contributed by atoms with van der Waals surface area (Å²) in [5, 5.41) is 6.66. The summed E-state index contributed by atoms with van der Waals surface area (Å²) in [6, 6.07) is 30.5. The molecule has 8 heteroatoms. The Balaban J connectivity index is 1.76. The van der Waals surface area contributed by atoms with Gasteiger partial charge in [0.1, 0.15) is 0 Å². The first-order valence-corrected chi connectivity index (χ1v) is 36.8. The van der Waals surface area contributed by atoms with E-state index in [0.29, 0.717) is 11.8 Å². The molecular formula is C50H62BCl2HfN2O2. The van der Waals surface area contributed by atoms with Crippen molar-refractivity contribution in [3.05, 3.63) is 129 Å². The predicted molar refractivity (Wildman–Crippen MR) is 247 cm³/mol. The first-order valence-electron chi connectivity index (χ1n) is 21.7. The van der Waals surface area contributed by atoms with Crippen LogP contribution in [-0.4, -0.2) is 16.4 Å². The number of nitrogens with one attached hydrogen (secondary N) is 2. The standard InChI is InChI=1S/2C22H25.C6H11BN2O2.2ClH.Hf/c2*1-5-16(4)18-13-17-9-8-12-21(22(17)14-18)20-11-7-6-10-19(20)15(2)3;1-3-5(10)8-7-9-6(11)4-2;;;/h2*6-16H,5H2,1-4H3;3-4H2,1-2H3,(H-,8,9,10,11);2*1H;/q;;;;;+1/p-1. The molecule has 0 saturated carbocycles. The van der Waals surface area contributed by atoms with Gasteiger partial charge in [0.15, 0.2) is 0 Å². The topological polar surface area (TPSA) is 58.2 Å². The molecule has 58 heavy (non-hydrogen) atoms. The normalized spacial score (nSPS) is 17.8. The van der Waals surface area contributed by atoms with Crippen LogP contribution < -0.4 is 10.5 Å². The van der Waals surface area contributed by atoms with Gasteiger partial charge in [-0.3, -0.25) is 0 Å². The van der Waals surface area contributed by atoms with Crippen LogP contribution in [0.1, 0.15) is 147 Å². The molecule has 0 spiro atoms. The molecule has 0 radical (unpaired) electrons. The Morgan fingerprint density at radius 2 is 0.931 bits per heavy atom. The average Bonchev–Trinajstić information content (AvgIpc) is 3.84. The van der Waals surface area contributed by atoms with Crippen molar-refractivity contribution in [1.29, 1.82) is 0 Å². The summed E-state index contributed by atoms with van der Waals surface area (Å²) in [5.74, 6) is 0.515. The molecule has 2 aliphatic rings. The summed E-state index contributed by atoms with van der Waals surface area (Å²) in [4.78, 5) is 27.7. The van der Waals surface area contributed by atoms with Crippen molar-refractivity contribution in [2.24, 2.45) is 11.8 Å². The van der Waals surface area contributed by atoms with Gasteiger partial charge in [-0.1, -0.05) is 0 Å². The van der Waals surface area contributed by atoms with Gasteiger partial charge >= 0.3 is 359 Å². The van der Waals surface area contributed by atoms with Gasteiger partial charge in [0.25, 0.3) is 0 Å². The molecule has 4 atom stereocenters. The van der Waals surface area contributed by atoms with Crippen molar-refractivity contribution in [2.75, 3.05) is 0 Å². The van der Waals surface area contributed by atoms with Gasteiger partial charge in [-0.25, -0.2) is 0 Å². The van der Waals surface area contributed by atoms with E-state index in [-0.39, 0.29) is 36.5 Å². The van der Waals surface area contributed by atoms with Crippen LogP contribution in [0.25, 0.3) is 34.4 Å². The average molecular weight is 983 g/mol. The third-order valence-electron chi connectivity index (χ3n) is 13.2. The number of rotatable bonds is 15. The summed E-state index contributed by atoms with van der Waals surface area (Å²) in [5.41, 5.74) is 14.1. The zero-order valence-corrected chi connectivity index (χ0v) is 41.3. The number of amides is 2. The van der Waals surface area contributed by atoms with Crippen LogP contribution in [0, 0.1) is 11.8 Å². The second-order valence-electron chi connectivity index (χ2n) is 17.4. The van der Waals surface area contributed by atoms with Crippen molar-refractivity contribution in [3.63, 3.8) is 0 Å². The molecule has 0 aliphatic heterocycles. The summed E-state index contributed by atoms with van der Waals surface area (Å²) >= 11 is -6.28. The molecule has 305 valence electrons. The molecule has 4 nitrogen and oxygen atoms in total. The summed E-state index contributed by atoms with van der Waals surface area (Å²) in [6.07, 6.45) is 6.98. The van der Waals surface area contributed by atoms with Crippen LogP contribution in [0.3, 0.4) is 0 Å². The van der Waals surface area contributed by atoms with E-state index in [9.17, 15) is 9.59 Å². The molecule has 2 aliphatic carbocycles. The quantitative estimate of drug-likeness (QED) is 0.117. The minimum atomic E-state index is -6.28. The third kappa shape index (κ3) is 7.80. The molecule has 4 aromatic carbocycles. The Hall–Kier alpha value is -3.18. The number of carbonyl (C=O) groups excluding carboxylic acids is 2. The molecule has 0 fully saturated rings. The van der Waals surface area contributed by atoms with Gasteiger partial charge in [-0.2, -0.15) is 0 Å². The van der Waals surface area contributed by atoms with Crippen molar-refractivity contribution < 1.29 is 25.5 Å². The Morgan fingerprint density at radius 3 is 1.28 bits per heavy atom. The van der Waals surface area contributed by atoms with Crippen LogP contribution in [0.5, 0.6) is 0 Å². The molecule has 6 rings (SSSR count). The molecular weight excluding hydrogens is 921 g/mol. The van der Waals surface area contributed by atoms with E-state index >= 15 is 0 Å². The van der Waals surface area contributed by atoms with Gasteiger partial charge in [-0.05, 0) is 0 Å². The Morgan fingerprint density at radius 1 is 0.569 bits per heavy atom. The van der Waals surface area contributed by atoms with Crippen LogP contribution in [0.4, 0.5) is 0 Å². The SMILES string of the molecule is CCC(=O)N[B](NC(=O)CC)[Hf]([Cl])([Cl])([CH]1C(C(C)CC)=Cc2c(-c3ccccc3C(C)C)cccc21)[CH]1C(C(C)CC)=Cc2c(-c3ccccc3C(C)C)cccc21. The van der Waals surface area contributed by atoms with E-state index < -0.39 is 27.8 Å². The van der Waals surface area contributed by atoms with Gasteiger partial charge < -0.3 is 0 Å². The fourth-order valence-corrected chi connectivity index (χ4v) is 39.5. The number of allylic oxidation sites excluding steroid dienone is 2. The van der Waals surface area contributed by atoms with E-state index in [4.69, 9.17) is 17.2 Å². The zero-order chi connectivity index (χ0) is 42.1. The van der Waals surface area contributed by atoms with E-state index in [1.54, 1.807) is 0 Å². The third-order valence-corrected chi connectivity index (χ3v) is 41.5. The van der Waals surface area contributed by atoms with Crippen LogP contribution >= 0.6 is 17.2 Å². The monoisotopic (exact) mass is 983 g/mol. The molecule has 0 aromatic heterocycles. The summed E-state index contributed by atoms with van der Waals surface area (Å²) in [7, 11) is 18.1. The maximum absolute atomic E-state index is 13.9. The van der Waals surface area contributed by atoms with E-state index in [2.05, 4.69) is 163 Å². The van der Waals surface area contributed by atoms with Crippen LogP contribution in [0.15, 0.2) is 96.1 Å². The fraction of sp³-hybridized carbons (Fsp3) is 0.400. The molecule has 4 aromatic rings. The van der Waals surface area contributed by atoms with Crippen molar-refractivity contribution >= 4 is 45.7 Å². The fourth-order valence-electron chi connectivity index (χ4n) is 9.71. The molecule has 2 amide bonds. The number of carbonyl (C=O) groups is 2. The zero-order valence-electron chi connectivity index (χ0n) is 36.2. The second-order valence-corrected chi connectivity index (χ2v) is 47.8. The van der Waals surface area contributed by atoms with Gasteiger partial charge in [0.2, 0.25) is 0 Å². The van der Waals surface area contributed by atoms with Gasteiger partial charge in [0.05, 0.1) is 0 Å². The van der Waals surface area contributed by atoms with E-state index in [1.807, 2.05) is 13.8 Å². The van der Waals surface area contributed by atoms with Crippen LogP contribution in [-0.2, 0) is 25.5 Å². The number of benzene rings is 4. The molecule has 0 heterocycles. The predicted octanol–water partition coefficient (Wildman–Crippen LogP) is 14.0. The Kier molecular flexibility index (Phi) is 13.6. The number of hydrogen-bond acceptors (Lipinski definition) is 2. The van der Waals surface area contributed by atoms with E-state index in [1.165, 1.54) is 33.4 Å². The Labute approximate surface area is 356 Å². The van der Waals surface area contributed by atoms with E-state index in [0.717, 1.165) is 46.2 Å². The van der Waals surface area contributed by atoms with Gasteiger partial charge in [-0.15, -0.1) is 0 Å². The molecule has 0 bridgehead atoms. The summed E-state index contributed by atoms with van der Waals surface area (Å²) < 4.78 is -1.78. The summed E-state index contributed by atoms with van der Waals surface area (Å²) in [6.45, 7) is 21.6. The maximum atomic E-state index is 13.9. The van der Waals surface area contributed by atoms with Crippen molar-refractivity contribution in [3.8, 4) is 22.3 Å². The molecule has 2 N–H and O–H groups in total. The van der Waals surface area contributed by atoms with Gasteiger partial charge in [0, 0.05) is 0 Å². The minimum absolute atomic E-state index is 0.129. The van der Waals surface area contributed by atoms with Crippen LogP contribution in [0.2, 0.25) is 0 Å². The number of halogens is 2. The second kappa shape index (κ2) is 17.8. The van der Waals surface area contributed by atoms with Crippen molar-refractivity contribution in [2.45, 2.75) is 114 Å². The Bertz CT molecular complexity index is 2110. The first-order chi connectivity index (χ1) is 27.6. The number of hydrogen-bond donors (Lipinski definition) is 2. The first kappa shape index (κ1) is 44.4. The molecule has 0 saturated heterocycles.